The van der Waals surface area contributed by atoms with E-state index in [9.17, 15) is 0 Å². The van der Waals surface area contributed by atoms with Crippen molar-refractivity contribution in [2.24, 2.45) is 11.7 Å². The van der Waals surface area contributed by atoms with Crippen molar-refractivity contribution in [3.05, 3.63) is 11.7 Å². The molecule has 0 bridgehead atoms. The predicted molar refractivity (Wildman–Crippen MR) is 82.6 cm³/mol. The van der Waals surface area contributed by atoms with Crippen LogP contribution in [0.15, 0.2) is 4.52 Å². The zero-order valence-corrected chi connectivity index (χ0v) is 13.3. The molecule has 1 aliphatic rings. The van der Waals surface area contributed by atoms with Gasteiger partial charge in [0.1, 0.15) is 0 Å². The minimum Gasteiger partial charge on any atom is -0.339 e. The number of nitrogens with zero attached hydrogens (tertiary/aromatic N) is 2. The quantitative estimate of drug-likeness (QED) is 0.871. The summed E-state index contributed by atoms with van der Waals surface area (Å²) < 4.78 is 5.41. The van der Waals surface area contributed by atoms with Gasteiger partial charge in [0.05, 0.1) is 5.25 Å². The van der Waals surface area contributed by atoms with E-state index >= 15 is 0 Å². The molecular weight excluding hydrogens is 278 g/mol. The smallest absolute Gasteiger partial charge is 0.227 e. The maximum absolute atomic E-state index is 5.73. The average Bonchev–Trinajstić information content (AvgIpc) is 2.93. The Morgan fingerprint density at radius 2 is 2.16 bits per heavy atom. The van der Waals surface area contributed by atoms with E-state index in [0.29, 0.717) is 23.0 Å². The van der Waals surface area contributed by atoms with Crippen LogP contribution in [-0.2, 0) is 6.42 Å². The molecule has 2 heterocycles. The van der Waals surface area contributed by atoms with Gasteiger partial charge in [-0.05, 0) is 18.9 Å². The van der Waals surface area contributed by atoms with Crippen LogP contribution in [-0.4, -0.2) is 33.4 Å². The first-order valence-corrected chi connectivity index (χ1v) is 9.13. The third kappa shape index (κ3) is 3.89. The van der Waals surface area contributed by atoms with Crippen LogP contribution in [0.3, 0.4) is 0 Å². The van der Waals surface area contributed by atoms with Crippen LogP contribution >= 0.6 is 23.5 Å². The first-order chi connectivity index (χ1) is 9.28. The topological polar surface area (TPSA) is 64.9 Å². The van der Waals surface area contributed by atoms with Gasteiger partial charge < -0.3 is 10.3 Å². The Kier molecular flexibility index (Phi) is 6.04. The van der Waals surface area contributed by atoms with Gasteiger partial charge in [0.15, 0.2) is 5.82 Å². The molecular formula is C13H23N3OS2. The normalized spacial score (nSPS) is 25.4. The van der Waals surface area contributed by atoms with Crippen LogP contribution in [0.5, 0.6) is 0 Å². The molecule has 108 valence electrons. The minimum atomic E-state index is 0.388. The van der Waals surface area contributed by atoms with E-state index in [4.69, 9.17) is 10.3 Å². The number of hydrogen-bond acceptors (Lipinski definition) is 6. The highest BCUT2D eigenvalue weighted by Crippen LogP contribution is 2.42. The van der Waals surface area contributed by atoms with Gasteiger partial charge >= 0.3 is 0 Å². The SMILES string of the molecule is CCC(CN)Cc1nc(C2SCCSC2CC)no1. The van der Waals surface area contributed by atoms with Crippen molar-refractivity contribution >= 4 is 23.5 Å². The van der Waals surface area contributed by atoms with Crippen molar-refractivity contribution in [3.63, 3.8) is 0 Å². The van der Waals surface area contributed by atoms with Crippen LogP contribution in [0.1, 0.15) is 43.7 Å². The molecule has 2 rings (SSSR count). The molecule has 0 amide bonds. The molecule has 0 aliphatic carbocycles. The van der Waals surface area contributed by atoms with Crippen molar-refractivity contribution < 1.29 is 4.52 Å². The van der Waals surface area contributed by atoms with Gasteiger partial charge in [0.25, 0.3) is 0 Å². The first kappa shape index (κ1) is 15.2. The summed E-state index contributed by atoms with van der Waals surface area (Å²) >= 11 is 4.00. The molecule has 4 nitrogen and oxygen atoms in total. The summed E-state index contributed by atoms with van der Waals surface area (Å²) in [5.74, 6) is 4.49. The third-order valence-electron chi connectivity index (χ3n) is 3.56. The van der Waals surface area contributed by atoms with Gasteiger partial charge in [-0.2, -0.15) is 16.7 Å². The Labute approximate surface area is 123 Å². The van der Waals surface area contributed by atoms with E-state index in [1.165, 1.54) is 11.5 Å². The highest BCUT2D eigenvalue weighted by Gasteiger charge is 2.30. The number of hydrogen-bond donors (Lipinski definition) is 1. The zero-order valence-electron chi connectivity index (χ0n) is 11.7. The number of rotatable bonds is 6. The molecule has 6 heteroatoms. The highest BCUT2D eigenvalue weighted by atomic mass is 32.2. The Morgan fingerprint density at radius 1 is 1.37 bits per heavy atom. The summed E-state index contributed by atoms with van der Waals surface area (Å²) in [5.41, 5.74) is 5.73. The molecule has 1 fully saturated rings. The lowest BCUT2D eigenvalue weighted by Gasteiger charge is -2.27. The molecule has 1 aromatic rings. The second-order valence-corrected chi connectivity index (χ2v) is 7.47. The molecule has 1 aromatic heterocycles. The average molecular weight is 301 g/mol. The molecule has 0 spiro atoms. The van der Waals surface area contributed by atoms with Crippen LogP contribution in [0, 0.1) is 5.92 Å². The number of thioether (sulfide) groups is 2. The van der Waals surface area contributed by atoms with Crippen molar-refractivity contribution in [2.75, 3.05) is 18.1 Å². The van der Waals surface area contributed by atoms with Crippen LogP contribution in [0.4, 0.5) is 0 Å². The highest BCUT2D eigenvalue weighted by molar-refractivity contribution is 8.06. The third-order valence-corrected chi connectivity index (χ3v) is 6.81. The maximum atomic E-state index is 5.73. The number of aromatic nitrogens is 2. The fourth-order valence-corrected chi connectivity index (χ4v) is 5.23. The lowest BCUT2D eigenvalue weighted by molar-refractivity contribution is 0.346. The summed E-state index contributed by atoms with van der Waals surface area (Å²) in [6, 6.07) is 0. The Bertz CT molecular complexity index is 382. The molecule has 0 aromatic carbocycles. The molecule has 0 saturated carbocycles. The van der Waals surface area contributed by atoms with Crippen molar-refractivity contribution in [1.29, 1.82) is 0 Å². The van der Waals surface area contributed by atoms with Crippen LogP contribution < -0.4 is 5.73 Å². The molecule has 3 unspecified atom stereocenters. The monoisotopic (exact) mass is 301 g/mol. The summed E-state index contributed by atoms with van der Waals surface area (Å²) in [7, 11) is 0. The molecule has 19 heavy (non-hydrogen) atoms. The zero-order chi connectivity index (χ0) is 13.7. The summed E-state index contributed by atoms with van der Waals surface area (Å²) in [4.78, 5) is 4.60. The molecule has 2 N–H and O–H groups in total. The van der Waals surface area contributed by atoms with Crippen molar-refractivity contribution in [1.82, 2.24) is 10.1 Å². The van der Waals surface area contributed by atoms with Gasteiger partial charge in [-0.25, -0.2) is 0 Å². The Morgan fingerprint density at radius 3 is 2.84 bits per heavy atom. The van der Waals surface area contributed by atoms with E-state index in [1.54, 1.807) is 0 Å². The van der Waals surface area contributed by atoms with Crippen LogP contribution in [0.25, 0.3) is 0 Å². The second-order valence-electron chi connectivity index (χ2n) is 4.87. The van der Waals surface area contributed by atoms with Crippen molar-refractivity contribution in [3.8, 4) is 0 Å². The van der Waals surface area contributed by atoms with E-state index in [1.807, 2.05) is 23.5 Å². The van der Waals surface area contributed by atoms with Crippen LogP contribution in [0.2, 0.25) is 0 Å². The van der Waals surface area contributed by atoms with E-state index < -0.39 is 0 Å². The lowest BCUT2D eigenvalue weighted by atomic mass is 10.0. The fraction of sp³-hybridized carbons (Fsp3) is 0.846. The van der Waals surface area contributed by atoms with Gasteiger partial charge in [0.2, 0.25) is 5.89 Å². The lowest BCUT2D eigenvalue weighted by Crippen LogP contribution is -2.19. The van der Waals surface area contributed by atoms with E-state index in [-0.39, 0.29) is 0 Å². The van der Waals surface area contributed by atoms with Gasteiger partial charge in [-0.15, -0.1) is 11.8 Å². The standard InChI is InChI=1S/C13H23N3OS2/c1-3-9(8-14)7-11-15-13(16-17-11)12-10(4-2)18-5-6-19-12/h9-10,12H,3-8,14H2,1-2H3. The minimum absolute atomic E-state index is 0.388. The molecule has 0 radical (unpaired) electrons. The summed E-state index contributed by atoms with van der Waals surface area (Å²) in [5, 5.41) is 5.20. The van der Waals surface area contributed by atoms with E-state index in [0.717, 1.165) is 31.0 Å². The first-order valence-electron chi connectivity index (χ1n) is 7.04. The largest absolute Gasteiger partial charge is 0.339 e. The molecule has 3 atom stereocenters. The van der Waals surface area contributed by atoms with Gasteiger partial charge in [-0.3, -0.25) is 0 Å². The van der Waals surface area contributed by atoms with E-state index in [2.05, 4.69) is 24.0 Å². The van der Waals surface area contributed by atoms with Gasteiger partial charge in [-0.1, -0.05) is 25.4 Å². The predicted octanol–water partition coefficient (Wildman–Crippen LogP) is 2.90. The fourth-order valence-electron chi connectivity index (χ4n) is 2.25. The Balaban J connectivity index is 2.02. The van der Waals surface area contributed by atoms with Crippen molar-refractivity contribution in [2.45, 2.75) is 43.6 Å². The second kappa shape index (κ2) is 7.55. The Hall–Kier alpha value is -0.200. The summed E-state index contributed by atoms with van der Waals surface area (Å²) in [6.45, 7) is 5.06. The summed E-state index contributed by atoms with van der Waals surface area (Å²) in [6.07, 6.45) is 3.02. The molecule has 1 saturated heterocycles. The van der Waals surface area contributed by atoms with Gasteiger partial charge in [0, 0.05) is 23.2 Å². The maximum Gasteiger partial charge on any atom is 0.227 e. The molecule has 1 aliphatic heterocycles. The number of nitrogens with two attached hydrogens (primary N) is 1.